The van der Waals surface area contributed by atoms with Crippen molar-refractivity contribution in [2.75, 3.05) is 13.2 Å². The van der Waals surface area contributed by atoms with Crippen molar-refractivity contribution >= 4 is 11.6 Å². The fourth-order valence-corrected chi connectivity index (χ4v) is 6.23. The molecule has 5 rings (SSSR count). The van der Waals surface area contributed by atoms with Gasteiger partial charge < -0.3 is 4.74 Å². The molecule has 2 nitrogen and oxygen atoms in total. The highest BCUT2D eigenvalue weighted by atomic mass is 35.5. The molecular weight excluding hydrogens is 438 g/mol. The number of rotatable bonds is 10. The van der Waals surface area contributed by atoms with Crippen LogP contribution in [0.2, 0.25) is 5.02 Å². The summed E-state index contributed by atoms with van der Waals surface area (Å²) < 4.78 is 6.53. The summed E-state index contributed by atoms with van der Waals surface area (Å²) >= 11 is 6.13. The molecule has 2 saturated heterocycles. The molecule has 0 amide bonds. The molecular formula is C31H36ClNO. The molecule has 2 aliphatic rings. The van der Waals surface area contributed by atoms with Crippen LogP contribution in [-0.2, 0) is 11.2 Å². The second-order valence-corrected chi connectivity index (χ2v) is 10.5. The SMILES string of the molecule is Clc1ccc(C(OCCC2CC3CCC(C2)N3CCCc2ccccc2)c2ccccc2)cc1. The highest BCUT2D eigenvalue weighted by molar-refractivity contribution is 6.30. The summed E-state index contributed by atoms with van der Waals surface area (Å²) in [5.74, 6) is 0.782. The predicted octanol–water partition coefficient (Wildman–Crippen LogP) is 7.71. The first-order valence-electron chi connectivity index (χ1n) is 13.0. The Hall–Kier alpha value is -2.13. The van der Waals surface area contributed by atoms with Crippen molar-refractivity contribution in [2.24, 2.45) is 5.92 Å². The molecule has 0 N–H and O–H groups in total. The lowest BCUT2D eigenvalue weighted by Crippen LogP contribution is -2.43. The summed E-state index contributed by atoms with van der Waals surface area (Å²) in [5, 5.41) is 0.765. The molecule has 34 heavy (non-hydrogen) atoms. The molecule has 0 saturated carbocycles. The highest BCUT2D eigenvalue weighted by Crippen LogP contribution is 2.40. The topological polar surface area (TPSA) is 12.5 Å². The first kappa shape index (κ1) is 23.6. The van der Waals surface area contributed by atoms with Crippen LogP contribution in [0.4, 0.5) is 0 Å². The van der Waals surface area contributed by atoms with E-state index in [9.17, 15) is 0 Å². The van der Waals surface area contributed by atoms with Crippen LogP contribution in [0.5, 0.6) is 0 Å². The minimum Gasteiger partial charge on any atom is -0.369 e. The van der Waals surface area contributed by atoms with Gasteiger partial charge in [-0.3, -0.25) is 4.90 Å². The van der Waals surface area contributed by atoms with Gasteiger partial charge in [-0.1, -0.05) is 84.4 Å². The third-order valence-corrected chi connectivity index (χ3v) is 8.04. The molecule has 3 atom stereocenters. The number of hydrogen-bond donors (Lipinski definition) is 0. The zero-order chi connectivity index (χ0) is 23.2. The van der Waals surface area contributed by atoms with Gasteiger partial charge in [0.05, 0.1) is 0 Å². The Labute approximate surface area is 209 Å². The average Bonchev–Trinajstić information content (AvgIpc) is 3.11. The number of fused-ring (bicyclic) bond motifs is 2. The van der Waals surface area contributed by atoms with Crippen molar-refractivity contribution in [3.05, 3.63) is 107 Å². The minimum absolute atomic E-state index is 0.0340. The summed E-state index contributed by atoms with van der Waals surface area (Å²) in [6, 6.07) is 31.2. The number of piperidine rings is 1. The number of benzene rings is 3. The van der Waals surface area contributed by atoms with Crippen LogP contribution in [0.25, 0.3) is 0 Å². The summed E-state index contributed by atoms with van der Waals surface area (Å²) in [4.78, 5) is 2.83. The van der Waals surface area contributed by atoms with Gasteiger partial charge in [0.15, 0.2) is 0 Å². The average molecular weight is 474 g/mol. The molecule has 0 aromatic heterocycles. The molecule has 0 radical (unpaired) electrons. The second-order valence-electron chi connectivity index (χ2n) is 10.1. The van der Waals surface area contributed by atoms with Gasteiger partial charge in [-0.2, -0.15) is 0 Å². The van der Waals surface area contributed by atoms with Gasteiger partial charge in [-0.05, 0) is 86.2 Å². The van der Waals surface area contributed by atoms with Gasteiger partial charge in [0.25, 0.3) is 0 Å². The van der Waals surface area contributed by atoms with Gasteiger partial charge in [0.1, 0.15) is 6.10 Å². The molecule has 0 aliphatic carbocycles. The normalized spacial score (nSPS) is 23.1. The van der Waals surface area contributed by atoms with E-state index in [4.69, 9.17) is 16.3 Å². The Kier molecular flexibility index (Phi) is 8.01. The number of nitrogens with zero attached hydrogens (tertiary/aromatic N) is 1. The lowest BCUT2D eigenvalue weighted by atomic mass is 9.88. The minimum atomic E-state index is -0.0340. The smallest absolute Gasteiger partial charge is 0.108 e. The Balaban J connectivity index is 1.12. The number of halogens is 1. The van der Waals surface area contributed by atoms with Crippen LogP contribution >= 0.6 is 11.6 Å². The van der Waals surface area contributed by atoms with Crippen molar-refractivity contribution < 1.29 is 4.74 Å². The van der Waals surface area contributed by atoms with Crippen molar-refractivity contribution in [1.82, 2.24) is 4.90 Å². The molecule has 2 heterocycles. The fraction of sp³-hybridized carbons (Fsp3) is 0.419. The quantitative estimate of drug-likeness (QED) is 0.299. The van der Waals surface area contributed by atoms with E-state index in [2.05, 4.69) is 77.7 Å². The van der Waals surface area contributed by atoms with E-state index in [1.807, 2.05) is 12.1 Å². The van der Waals surface area contributed by atoms with Crippen molar-refractivity contribution in [1.29, 1.82) is 0 Å². The largest absolute Gasteiger partial charge is 0.369 e. The van der Waals surface area contributed by atoms with Crippen LogP contribution in [0, 0.1) is 5.92 Å². The Morgan fingerprint density at radius 3 is 2.09 bits per heavy atom. The molecule has 0 spiro atoms. The van der Waals surface area contributed by atoms with Gasteiger partial charge in [-0.25, -0.2) is 0 Å². The first-order valence-corrected chi connectivity index (χ1v) is 13.4. The zero-order valence-corrected chi connectivity index (χ0v) is 20.7. The maximum atomic E-state index is 6.53. The number of aryl methyl sites for hydroxylation is 1. The van der Waals surface area contributed by atoms with Gasteiger partial charge in [-0.15, -0.1) is 0 Å². The Morgan fingerprint density at radius 2 is 1.41 bits per heavy atom. The molecule has 2 fully saturated rings. The van der Waals surface area contributed by atoms with Crippen LogP contribution < -0.4 is 0 Å². The summed E-state index contributed by atoms with van der Waals surface area (Å²) in [5.41, 5.74) is 3.84. The standard InChI is InChI=1S/C31H36ClNO/c32-28-15-13-27(14-16-28)31(26-11-5-2-6-12-26)34-21-19-25-22-29-17-18-30(23-25)33(29)20-7-10-24-8-3-1-4-9-24/h1-6,8-9,11-16,25,29-31H,7,10,17-23H2. The summed E-state index contributed by atoms with van der Waals surface area (Å²) in [6.45, 7) is 2.06. The van der Waals surface area contributed by atoms with E-state index in [1.54, 1.807) is 0 Å². The molecule has 2 bridgehead atoms. The summed E-state index contributed by atoms with van der Waals surface area (Å²) in [7, 11) is 0. The van der Waals surface area contributed by atoms with E-state index in [0.29, 0.717) is 0 Å². The van der Waals surface area contributed by atoms with Crippen LogP contribution in [0.3, 0.4) is 0 Å². The lowest BCUT2D eigenvalue weighted by molar-refractivity contribution is 0.0461. The van der Waals surface area contributed by atoms with Crippen LogP contribution in [0.1, 0.15) is 61.3 Å². The molecule has 3 aromatic carbocycles. The van der Waals surface area contributed by atoms with Crippen molar-refractivity contribution in [2.45, 2.75) is 63.1 Å². The van der Waals surface area contributed by atoms with E-state index in [-0.39, 0.29) is 6.10 Å². The van der Waals surface area contributed by atoms with Gasteiger partial charge >= 0.3 is 0 Å². The first-order chi connectivity index (χ1) is 16.8. The molecule has 3 unspecified atom stereocenters. The predicted molar refractivity (Wildman–Crippen MR) is 141 cm³/mol. The van der Waals surface area contributed by atoms with Gasteiger partial charge in [0.2, 0.25) is 0 Å². The van der Waals surface area contributed by atoms with Gasteiger partial charge in [0, 0.05) is 23.7 Å². The zero-order valence-electron chi connectivity index (χ0n) is 20.0. The monoisotopic (exact) mass is 473 g/mol. The molecule has 2 aliphatic heterocycles. The van der Waals surface area contributed by atoms with Crippen LogP contribution in [0.15, 0.2) is 84.9 Å². The fourth-order valence-electron chi connectivity index (χ4n) is 6.10. The third kappa shape index (κ3) is 5.92. The van der Waals surface area contributed by atoms with Crippen molar-refractivity contribution in [3.8, 4) is 0 Å². The Morgan fingerprint density at radius 1 is 0.794 bits per heavy atom. The lowest BCUT2D eigenvalue weighted by Gasteiger charge is -2.39. The van der Waals surface area contributed by atoms with E-state index in [1.165, 1.54) is 61.8 Å². The summed E-state index contributed by atoms with van der Waals surface area (Å²) in [6.07, 6.45) is 9.01. The van der Waals surface area contributed by atoms with Crippen molar-refractivity contribution in [3.63, 3.8) is 0 Å². The van der Waals surface area contributed by atoms with Crippen LogP contribution in [-0.4, -0.2) is 30.1 Å². The maximum absolute atomic E-state index is 6.53. The Bertz CT molecular complexity index is 993. The second kappa shape index (κ2) is 11.5. The molecule has 178 valence electrons. The van der Waals surface area contributed by atoms with E-state index >= 15 is 0 Å². The maximum Gasteiger partial charge on any atom is 0.108 e. The van der Waals surface area contributed by atoms with E-state index in [0.717, 1.165) is 36.1 Å². The third-order valence-electron chi connectivity index (χ3n) is 7.79. The number of ether oxygens (including phenoxy) is 1. The van der Waals surface area contributed by atoms with E-state index < -0.39 is 0 Å². The molecule has 3 heteroatoms. The number of hydrogen-bond acceptors (Lipinski definition) is 2. The molecule has 3 aromatic rings. The highest BCUT2D eigenvalue weighted by Gasteiger charge is 2.39.